The van der Waals surface area contributed by atoms with E-state index in [2.05, 4.69) is 0 Å². The van der Waals surface area contributed by atoms with Crippen molar-refractivity contribution in [1.29, 1.82) is 0 Å². The van der Waals surface area contributed by atoms with Crippen LogP contribution in [-0.2, 0) is 19.4 Å². The molecule has 1 saturated heterocycles. The van der Waals surface area contributed by atoms with Gasteiger partial charge in [-0.3, -0.25) is 10.0 Å². The normalized spacial score (nSPS) is 16.7. The second kappa shape index (κ2) is 9.42. The van der Waals surface area contributed by atoms with Crippen molar-refractivity contribution in [2.75, 3.05) is 19.8 Å². The van der Waals surface area contributed by atoms with Crippen LogP contribution < -0.4 is 10.2 Å². The van der Waals surface area contributed by atoms with Crippen LogP contribution in [0, 0.1) is 0 Å². The van der Waals surface area contributed by atoms with Crippen molar-refractivity contribution in [3.8, 4) is 5.75 Å². The van der Waals surface area contributed by atoms with Gasteiger partial charge in [-0.1, -0.05) is 36.4 Å². The molecule has 0 bridgehead atoms. The van der Waals surface area contributed by atoms with E-state index in [4.69, 9.17) is 14.7 Å². The van der Waals surface area contributed by atoms with Gasteiger partial charge in [-0.15, -0.1) is 0 Å². The van der Waals surface area contributed by atoms with Crippen LogP contribution in [0.2, 0.25) is 0 Å². The molecule has 7 nitrogen and oxygen atoms in total. The van der Waals surface area contributed by atoms with Crippen LogP contribution in [-0.4, -0.2) is 44.1 Å². The summed E-state index contributed by atoms with van der Waals surface area (Å²) in [5.41, 5.74) is 3.60. The molecule has 1 amide bonds. The Labute approximate surface area is 176 Å². The van der Waals surface area contributed by atoms with E-state index in [1.807, 2.05) is 43.3 Å². The summed E-state index contributed by atoms with van der Waals surface area (Å²) in [6.07, 6.45) is 1.97. The minimum absolute atomic E-state index is 0.00287. The Bertz CT molecular complexity index is 994. The van der Waals surface area contributed by atoms with E-state index < -0.39 is 20.5 Å². The monoisotopic (exact) mass is 431 g/mol. The minimum Gasteiger partial charge on any atom is -0.489 e. The number of carbonyl (C=O) groups is 1. The van der Waals surface area contributed by atoms with Gasteiger partial charge in [0.25, 0.3) is 5.91 Å². The number of hydrogen-bond acceptors (Lipinski definition) is 6. The molecule has 1 heterocycles. The first-order valence-electron chi connectivity index (χ1n) is 9.61. The number of rotatable bonds is 7. The van der Waals surface area contributed by atoms with Crippen molar-refractivity contribution in [1.82, 2.24) is 5.48 Å². The molecule has 0 aliphatic carbocycles. The average Bonchev–Trinajstić information content (AvgIpc) is 2.78. The van der Waals surface area contributed by atoms with E-state index in [0.29, 0.717) is 12.4 Å². The minimum atomic E-state index is -4.04. The zero-order valence-electron chi connectivity index (χ0n) is 16.7. The van der Waals surface area contributed by atoms with Gasteiger partial charge in [0, 0.05) is 13.2 Å². The number of nitrogens with one attached hydrogen (secondary N) is 1. The van der Waals surface area contributed by atoms with Gasteiger partial charge in [0.05, 0.1) is 4.90 Å². The van der Waals surface area contributed by atoms with Crippen LogP contribution in [0.25, 0.3) is 6.08 Å². The molecule has 1 fully saturated rings. The predicted octanol–water partition coefficient (Wildman–Crippen LogP) is 3.00. The van der Waals surface area contributed by atoms with Crippen molar-refractivity contribution in [3.05, 3.63) is 65.7 Å². The number of hydroxylamine groups is 1. The SMILES string of the molecule is CC(=Cc1ccccc1)COc1ccc(S(=O)(=O)C2(C(=O)NO)CCOCC2)cc1. The second-order valence-electron chi connectivity index (χ2n) is 7.21. The van der Waals surface area contributed by atoms with Gasteiger partial charge in [-0.05, 0) is 55.2 Å². The summed E-state index contributed by atoms with van der Waals surface area (Å²) in [6, 6.07) is 15.8. The third-order valence-corrected chi connectivity index (χ3v) is 7.66. The summed E-state index contributed by atoms with van der Waals surface area (Å²) in [6.45, 7) is 2.56. The molecule has 8 heteroatoms. The summed E-state index contributed by atoms with van der Waals surface area (Å²) in [4.78, 5) is 12.3. The van der Waals surface area contributed by atoms with Gasteiger partial charge in [-0.25, -0.2) is 13.9 Å². The molecule has 0 unspecified atom stereocenters. The first kappa shape index (κ1) is 22.0. The smallest absolute Gasteiger partial charge is 0.265 e. The number of hydrogen-bond donors (Lipinski definition) is 2. The molecule has 1 aliphatic rings. The van der Waals surface area contributed by atoms with Crippen molar-refractivity contribution in [2.45, 2.75) is 29.4 Å². The Hall–Kier alpha value is -2.68. The van der Waals surface area contributed by atoms with Crippen molar-refractivity contribution in [3.63, 3.8) is 0 Å². The zero-order chi connectivity index (χ0) is 21.6. The fourth-order valence-corrected chi connectivity index (χ4v) is 5.37. The number of sulfone groups is 1. The summed E-state index contributed by atoms with van der Waals surface area (Å²) >= 11 is 0. The number of amides is 1. The highest BCUT2D eigenvalue weighted by Gasteiger charge is 2.52. The Balaban J connectivity index is 1.74. The molecule has 2 aromatic rings. The highest BCUT2D eigenvalue weighted by molar-refractivity contribution is 7.93. The Morgan fingerprint density at radius 2 is 1.77 bits per heavy atom. The lowest BCUT2D eigenvalue weighted by atomic mass is 9.98. The van der Waals surface area contributed by atoms with E-state index >= 15 is 0 Å². The molecule has 0 atom stereocenters. The molecule has 160 valence electrons. The fourth-order valence-electron chi connectivity index (χ4n) is 3.43. The maximum Gasteiger partial charge on any atom is 0.265 e. The average molecular weight is 432 g/mol. The van der Waals surface area contributed by atoms with Crippen LogP contribution in [0.5, 0.6) is 5.75 Å². The predicted molar refractivity (Wildman–Crippen MR) is 112 cm³/mol. The molecule has 0 radical (unpaired) electrons. The number of benzene rings is 2. The molecular formula is C22H25NO6S. The molecular weight excluding hydrogens is 406 g/mol. The second-order valence-corrected chi connectivity index (χ2v) is 9.47. The molecule has 2 N–H and O–H groups in total. The highest BCUT2D eigenvalue weighted by atomic mass is 32.2. The zero-order valence-corrected chi connectivity index (χ0v) is 17.5. The van der Waals surface area contributed by atoms with E-state index in [0.717, 1.165) is 11.1 Å². The lowest BCUT2D eigenvalue weighted by molar-refractivity contribution is -0.134. The quantitative estimate of drug-likeness (QED) is 0.516. The molecule has 0 spiro atoms. The first-order valence-corrected chi connectivity index (χ1v) is 11.1. The standard InChI is InChI=1S/C22H25NO6S/c1-17(15-18-5-3-2-4-6-18)16-29-19-7-9-20(10-8-19)30(26,27)22(21(24)23-25)11-13-28-14-12-22/h2-10,15,25H,11-14,16H2,1H3,(H,23,24). The summed E-state index contributed by atoms with van der Waals surface area (Å²) in [7, 11) is -4.04. The van der Waals surface area contributed by atoms with Gasteiger partial charge >= 0.3 is 0 Å². The summed E-state index contributed by atoms with van der Waals surface area (Å²) in [5, 5.41) is 9.10. The Morgan fingerprint density at radius 3 is 2.37 bits per heavy atom. The maximum absolute atomic E-state index is 13.2. The van der Waals surface area contributed by atoms with E-state index in [9.17, 15) is 13.2 Å². The van der Waals surface area contributed by atoms with Crippen LogP contribution >= 0.6 is 0 Å². The molecule has 30 heavy (non-hydrogen) atoms. The van der Waals surface area contributed by atoms with E-state index in [1.54, 1.807) is 12.1 Å². The van der Waals surface area contributed by atoms with Gasteiger partial charge in [0.2, 0.25) is 0 Å². The maximum atomic E-state index is 13.2. The van der Waals surface area contributed by atoms with Crippen LogP contribution in [0.4, 0.5) is 0 Å². The molecule has 0 saturated carbocycles. The van der Waals surface area contributed by atoms with Gasteiger partial charge in [0.15, 0.2) is 14.6 Å². The topological polar surface area (TPSA) is 102 Å². The third kappa shape index (κ3) is 4.56. The molecule has 3 rings (SSSR count). The Morgan fingerprint density at radius 1 is 1.13 bits per heavy atom. The third-order valence-electron chi connectivity index (χ3n) is 5.14. The van der Waals surface area contributed by atoms with Crippen molar-refractivity contribution >= 4 is 21.8 Å². The first-order chi connectivity index (χ1) is 14.4. The van der Waals surface area contributed by atoms with Crippen LogP contribution in [0.3, 0.4) is 0 Å². The number of carbonyl (C=O) groups excluding carboxylic acids is 1. The summed E-state index contributed by atoms with van der Waals surface area (Å²) < 4.78 is 35.6. The van der Waals surface area contributed by atoms with Crippen LogP contribution in [0.15, 0.2) is 65.1 Å². The van der Waals surface area contributed by atoms with E-state index in [1.165, 1.54) is 17.6 Å². The summed E-state index contributed by atoms with van der Waals surface area (Å²) in [5.74, 6) is -0.421. The van der Waals surface area contributed by atoms with Gasteiger partial charge in [0.1, 0.15) is 12.4 Å². The van der Waals surface area contributed by atoms with Crippen molar-refractivity contribution in [2.24, 2.45) is 0 Å². The fraction of sp³-hybridized carbons (Fsp3) is 0.318. The Kier molecular flexibility index (Phi) is 6.91. The lowest BCUT2D eigenvalue weighted by Crippen LogP contribution is -2.54. The van der Waals surface area contributed by atoms with Crippen LogP contribution in [0.1, 0.15) is 25.3 Å². The van der Waals surface area contributed by atoms with Crippen molar-refractivity contribution < 1.29 is 27.9 Å². The lowest BCUT2D eigenvalue weighted by Gasteiger charge is -2.34. The molecule has 2 aromatic carbocycles. The van der Waals surface area contributed by atoms with Gasteiger partial charge in [-0.2, -0.15) is 0 Å². The van der Waals surface area contributed by atoms with E-state index in [-0.39, 0.29) is 31.0 Å². The largest absolute Gasteiger partial charge is 0.489 e. The molecule has 0 aromatic heterocycles. The number of ether oxygens (including phenoxy) is 2. The highest BCUT2D eigenvalue weighted by Crippen LogP contribution is 2.35. The molecule has 1 aliphatic heterocycles. The van der Waals surface area contributed by atoms with Gasteiger partial charge < -0.3 is 9.47 Å².